The Balaban J connectivity index is 1.70. The Morgan fingerprint density at radius 3 is 2.80 bits per heavy atom. The van der Waals surface area contributed by atoms with E-state index in [0.717, 1.165) is 13.1 Å². The molecule has 0 saturated carbocycles. The van der Waals surface area contributed by atoms with Crippen molar-refractivity contribution < 1.29 is 0 Å². The Hall–Kier alpha value is -2.13. The van der Waals surface area contributed by atoms with E-state index in [-0.39, 0.29) is 0 Å². The molecule has 1 unspecified atom stereocenters. The molecular weight excluding hydrogens is 246 g/mol. The molecule has 0 aliphatic heterocycles. The molecule has 0 saturated heterocycles. The fourth-order valence-corrected chi connectivity index (χ4v) is 2.57. The van der Waals surface area contributed by atoms with E-state index in [9.17, 15) is 0 Å². The average Bonchev–Trinajstić information content (AvgIpc) is 3.00. The molecule has 3 rings (SSSR count). The molecule has 2 aromatic carbocycles. The summed E-state index contributed by atoms with van der Waals surface area (Å²) in [5.74, 6) is 0. The van der Waals surface area contributed by atoms with Crippen molar-refractivity contribution in [2.75, 3.05) is 6.54 Å². The van der Waals surface area contributed by atoms with Gasteiger partial charge in [-0.05, 0) is 29.3 Å². The number of hydrogen-bond acceptors (Lipinski definition) is 2. The van der Waals surface area contributed by atoms with Crippen LogP contribution in [-0.2, 0) is 6.54 Å². The third kappa shape index (κ3) is 2.73. The molecule has 1 heterocycles. The molecule has 0 aliphatic carbocycles. The van der Waals surface area contributed by atoms with Crippen LogP contribution in [0.5, 0.6) is 0 Å². The zero-order chi connectivity index (χ0) is 13.8. The molecule has 1 N–H and O–H groups in total. The smallest absolute Gasteiger partial charge is 0.0534 e. The molecule has 1 atom stereocenters. The summed E-state index contributed by atoms with van der Waals surface area (Å²) in [6.45, 7) is 4.01. The number of nitrogens with zero attached hydrogens (tertiary/aromatic N) is 2. The predicted molar refractivity (Wildman–Crippen MR) is 82.6 cm³/mol. The first-order valence-corrected chi connectivity index (χ1v) is 7.03. The molecule has 3 nitrogen and oxygen atoms in total. The molecule has 3 heteroatoms. The van der Waals surface area contributed by atoms with Crippen LogP contribution < -0.4 is 5.32 Å². The SMILES string of the molecule is CC(NCCn1cccn1)c1cccc2ccccc12. The number of aromatic nitrogens is 2. The van der Waals surface area contributed by atoms with Crippen LogP contribution in [0.3, 0.4) is 0 Å². The lowest BCUT2D eigenvalue weighted by molar-refractivity contribution is 0.509. The van der Waals surface area contributed by atoms with Crippen molar-refractivity contribution in [3.63, 3.8) is 0 Å². The minimum Gasteiger partial charge on any atom is -0.308 e. The summed E-state index contributed by atoms with van der Waals surface area (Å²) in [6, 6.07) is 17.3. The molecule has 0 fully saturated rings. The molecule has 0 spiro atoms. The van der Waals surface area contributed by atoms with Gasteiger partial charge >= 0.3 is 0 Å². The summed E-state index contributed by atoms with van der Waals surface area (Å²) in [6.07, 6.45) is 3.80. The number of rotatable bonds is 5. The average molecular weight is 265 g/mol. The Morgan fingerprint density at radius 1 is 1.10 bits per heavy atom. The van der Waals surface area contributed by atoms with Gasteiger partial charge in [0, 0.05) is 25.0 Å². The molecule has 0 radical (unpaired) electrons. The van der Waals surface area contributed by atoms with Gasteiger partial charge in [0.1, 0.15) is 0 Å². The minimum atomic E-state index is 0.330. The van der Waals surface area contributed by atoms with Gasteiger partial charge in [0.05, 0.1) is 6.54 Å². The molecule has 1 aromatic heterocycles. The quantitative estimate of drug-likeness (QED) is 0.766. The van der Waals surface area contributed by atoms with E-state index in [1.165, 1.54) is 16.3 Å². The maximum absolute atomic E-state index is 4.21. The van der Waals surface area contributed by atoms with E-state index in [2.05, 4.69) is 59.8 Å². The lowest BCUT2D eigenvalue weighted by Gasteiger charge is -2.16. The highest BCUT2D eigenvalue weighted by atomic mass is 15.3. The summed E-state index contributed by atoms with van der Waals surface area (Å²) in [5, 5.41) is 10.4. The van der Waals surface area contributed by atoms with Crippen molar-refractivity contribution in [3.05, 3.63) is 66.5 Å². The van der Waals surface area contributed by atoms with Crippen LogP contribution in [0.25, 0.3) is 10.8 Å². The summed E-state index contributed by atoms with van der Waals surface area (Å²) >= 11 is 0. The topological polar surface area (TPSA) is 29.9 Å². The fourth-order valence-electron chi connectivity index (χ4n) is 2.57. The lowest BCUT2D eigenvalue weighted by Crippen LogP contribution is -2.23. The van der Waals surface area contributed by atoms with Gasteiger partial charge in [-0.2, -0.15) is 5.10 Å². The van der Waals surface area contributed by atoms with E-state index < -0.39 is 0 Å². The fraction of sp³-hybridized carbons (Fsp3) is 0.235. The van der Waals surface area contributed by atoms with Gasteiger partial charge in [-0.1, -0.05) is 42.5 Å². The molecule has 0 bridgehead atoms. The maximum Gasteiger partial charge on any atom is 0.0534 e. The Bertz CT molecular complexity index is 668. The lowest BCUT2D eigenvalue weighted by atomic mass is 10.00. The van der Waals surface area contributed by atoms with Gasteiger partial charge in [-0.25, -0.2) is 0 Å². The van der Waals surface area contributed by atoms with Crippen molar-refractivity contribution in [2.24, 2.45) is 0 Å². The molecule has 3 aromatic rings. The molecular formula is C17H19N3. The molecule has 0 amide bonds. The number of fused-ring (bicyclic) bond motifs is 1. The van der Waals surface area contributed by atoms with Crippen molar-refractivity contribution in [1.29, 1.82) is 0 Å². The van der Waals surface area contributed by atoms with Gasteiger partial charge < -0.3 is 5.32 Å². The van der Waals surface area contributed by atoms with Gasteiger partial charge in [-0.15, -0.1) is 0 Å². The number of hydrogen-bond donors (Lipinski definition) is 1. The van der Waals surface area contributed by atoms with E-state index in [1.54, 1.807) is 0 Å². The first-order chi connectivity index (χ1) is 9.84. The zero-order valence-corrected chi connectivity index (χ0v) is 11.7. The molecule has 102 valence electrons. The maximum atomic E-state index is 4.21. The van der Waals surface area contributed by atoms with Gasteiger partial charge in [0.2, 0.25) is 0 Å². The highest BCUT2D eigenvalue weighted by Gasteiger charge is 2.08. The predicted octanol–water partition coefficient (Wildman–Crippen LogP) is 3.39. The standard InChI is InChI=1S/C17H19N3/c1-14(18-11-13-20-12-5-10-19-20)16-9-4-7-15-6-2-3-8-17(15)16/h2-10,12,14,18H,11,13H2,1H3. The molecule has 0 aliphatic rings. The highest BCUT2D eigenvalue weighted by molar-refractivity contribution is 5.86. The largest absolute Gasteiger partial charge is 0.308 e. The van der Waals surface area contributed by atoms with Gasteiger partial charge in [0.25, 0.3) is 0 Å². The summed E-state index contributed by atoms with van der Waals surface area (Å²) in [5.41, 5.74) is 1.35. The van der Waals surface area contributed by atoms with Gasteiger partial charge in [-0.3, -0.25) is 4.68 Å². The van der Waals surface area contributed by atoms with Crippen molar-refractivity contribution in [2.45, 2.75) is 19.5 Å². The second-order valence-corrected chi connectivity index (χ2v) is 5.01. The second-order valence-electron chi connectivity index (χ2n) is 5.01. The van der Waals surface area contributed by atoms with Crippen LogP contribution in [0.4, 0.5) is 0 Å². The number of nitrogens with one attached hydrogen (secondary N) is 1. The highest BCUT2D eigenvalue weighted by Crippen LogP contribution is 2.23. The van der Waals surface area contributed by atoms with Crippen LogP contribution in [-0.4, -0.2) is 16.3 Å². The first kappa shape index (κ1) is 12.9. The third-order valence-corrected chi connectivity index (χ3v) is 3.64. The van der Waals surface area contributed by atoms with Crippen molar-refractivity contribution >= 4 is 10.8 Å². The van der Waals surface area contributed by atoms with Gasteiger partial charge in [0.15, 0.2) is 0 Å². The van der Waals surface area contributed by atoms with Crippen molar-refractivity contribution in [1.82, 2.24) is 15.1 Å². The minimum absolute atomic E-state index is 0.330. The van der Waals surface area contributed by atoms with E-state index in [0.29, 0.717) is 6.04 Å². The van der Waals surface area contributed by atoms with E-state index in [4.69, 9.17) is 0 Å². The Kier molecular flexibility index (Phi) is 3.79. The zero-order valence-electron chi connectivity index (χ0n) is 11.7. The summed E-state index contributed by atoms with van der Waals surface area (Å²) in [7, 11) is 0. The van der Waals surface area contributed by atoms with Crippen LogP contribution in [0.15, 0.2) is 60.9 Å². The van der Waals surface area contributed by atoms with Crippen molar-refractivity contribution in [3.8, 4) is 0 Å². The summed E-state index contributed by atoms with van der Waals surface area (Å²) < 4.78 is 1.95. The first-order valence-electron chi connectivity index (χ1n) is 7.03. The Morgan fingerprint density at radius 2 is 1.95 bits per heavy atom. The van der Waals surface area contributed by atoms with Crippen LogP contribution >= 0.6 is 0 Å². The monoisotopic (exact) mass is 265 g/mol. The van der Waals surface area contributed by atoms with Crippen LogP contribution in [0.2, 0.25) is 0 Å². The molecule has 20 heavy (non-hydrogen) atoms. The van der Waals surface area contributed by atoms with E-state index in [1.807, 2.05) is 23.1 Å². The number of benzene rings is 2. The second kappa shape index (κ2) is 5.88. The summed E-state index contributed by atoms with van der Waals surface area (Å²) in [4.78, 5) is 0. The van der Waals surface area contributed by atoms with Crippen LogP contribution in [0, 0.1) is 0 Å². The Labute approximate surface area is 119 Å². The third-order valence-electron chi connectivity index (χ3n) is 3.64. The van der Waals surface area contributed by atoms with Crippen LogP contribution in [0.1, 0.15) is 18.5 Å². The normalized spacial score (nSPS) is 12.7. The van der Waals surface area contributed by atoms with E-state index >= 15 is 0 Å².